The van der Waals surface area contributed by atoms with Crippen LogP contribution in [0.4, 0.5) is 10.3 Å². The van der Waals surface area contributed by atoms with E-state index < -0.39 is 11.7 Å². The van der Waals surface area contributed by atoms with Gasteiger partial charge in [0.25, 0.3) is 5.91 Å². The van der Waals surface area contributed by atoms with Gasteiger partial charge in [-0.05, 0) is 19.1 Å². The highest BCUT2D eigenvalue weighted by Crippen LogP contribution is 2.24. The van der Waals surface area contributed by atoms with Crippen LogP contribution in [0.15, 0.2) is 45.4 Å². The van der Waals surface area contributed by atoms with E-state index in [-0.39, 0.29) is 11.6 Å². The smallest absolute Gasteiger partial charge is 0.280 e. The number of hydrogen-bond acceptors (Lipinski definition) is 5. The van der Waals surface area contributed by atoms with Gasteiger partial charge in [0.1, 0.15) is 17.3 Å². The Morgan fingerprint density at radius 1 is 1.19 bits per heavy atom. The fraction of sp³-hybridized carbons (Fsp3) is 0.0714. The number of nitrogens with one attached hydrogen (secondary N) is 1. The lowest BCUT2D eigenvalue weighted by Crippen LogP contribution is -2.11. The molecule has 0 saturated carbocycles. The molecule has 0 radical (unpaired) electrons. The van der Waals surface area contributed by atoms with Crippen molar-refractivity contribution >= 4 is 11.8 Å². The van der Waals surface area contributed by atoms with Crippen LogP contribution in [0, 0.1) is 12.7 Å². The summed E-state index contributed by atoms with van der Waals surface area (Å²) >= 11 is 0. The fourth-order valence-corrected chi connectivity index (χ4v) is 1.78. The predicted molar refractivity (Wildman–Crippen MR) is 71.1 cm³/mol. The van der Waals surface area contributed by atoms with Gasteiger partial charge >= 0.3 is 0 Å². The first-order valence-corrected chi connectivity index (χ1v) is 6.10. The summed E-state index contributed by atoms with van der Waals surface area (Å²) in [5, 5.41) is 9.78. The number of benzene rings is 1. The zero-order valence-corrected chi connectivity index (χ0v) is 11.0. The summed E-state index contributed by atoms with van der Waals surface area (Å²) in [7, 11) is 0. The summed E-state index contributed by atoms with van der Waals surface area (Å²) in [5.41, 5.74) is 0.704. The number of nitrogens with zero attached hydrogens (tertiary/aromatic N) is 2. The average molecular weight is 287 g/mol. The van der Waals surface area contributed by atoms with Crippen molar-refractivity contribution in [3.05, 3.63) is 53.7 Å². The van der Waals surface area contributed by atoms with Crippen LogP contribution >= 0.6 is 0 Å². The molecule has 2 aromatic heterocycles. The predicted octanol–water partition coefficient (Wildman–Crippen LogP) is 3.03. The number of carbonyl (C=O) groups excluding carboxylic acids is 1. The average Bonchev–Trinajstić information content (AvgIpc) is 3.08. The maximum absolute atomic E-state index is 13.6. The molecule has 0 aliphatic rings. The van der Waals surface area contributed by atoms with Crippen LogP contribution in [-0.4, -0.2) is 16.2 Å². The molecule has 21 heavy (non-hydrogen) atoms. The lowest BCUT2D eigenvalue weighted by Gasteiger charge is -1.96. The monoisotopic (exact) mass is 287 g/mol. The number of halogens is 1. The van der Waals surface area contributed by atoms with E-state index in [0.29, 0.717) is 17.0 Å². The van der Waals surface area contributed by atoms with E-state index in [2.05, 4.69) is 15.6 Å². The number of hydrogen-bond donors (Lipinski definition) is 1. The second-order valence-electron chi connectivity index (χ2n) is 4.33. The summed E-state index contributed by atoms with van der Waals surface area (Å²) in [6.07, 6.45) is 0. The van der Waals surface area contributed by atoms with Gasteiger partial charge in [0.15, 0.2) is 5.69 Å². The highest BCUT2D eigenvalue weighted by Gasteiger charge is 2.15. The third-order valence-electron chi connectivity index (χ3n) is 2.76. The molecule has 0 atom stereocenters. The van der Waals surface area contributed by atoms with E-state index in [4.69, 9.17) is 9.05 Å². The second-order valence-corrected chi connectivity index (χ2v) is 4.33. The van der Waals surface area contributed by atoms with Gasteiger partial charge in [-0.2, -0.15) is 0 Å². The van der Waals surface area contributed by atoms with Crippen molar-refractivity contribution < 1.29 is 18.2 Å². The standard InChI is InChI=1S/C14H10FN3O3/c1-8-6-12(18-20-8)14(19)16-13-7-11(17-21-13)9-4-2-3-5-10(9)15/h2-7H,1H3,(H,16,19). The first-order valence-electron chi connectivity index (χ1n) is 6.10. The van der Waals surface area contributed by atoms with Crippen LogP contribution in [0.3, 0.4) is 0 Å². The molecule has 0 spiro atoms. The minimum absolute atomic E-state index is 0.0962. The molecule has 3 aromatic rings. The molecule has 1 N–H and O–H groups in total. The Morgan fingerprint density at radius 2 is 2.00 bits per heavy atom. The van der Waals surface area contributed by atoms with Gasteiger partial charge in [-0.1, -0.05) is 22.4 Å². The van der Waals surface area contributed by atoms with Crippen molar-refractivity contribution in [3.8, 4) is 11.3 Å². The van der Waals surface area contributed by atoms with Crippen LogP contribution in [0.5, 0.6) is 0 Å². The minimum Gasteiger partial charge on any atom is -0.361 e. The molecule has 3 rings (SSSR count). The molecule has 6 nitrogen and oxygen atoms in total. The Morgan fingerprint density at radius 3 is 2.71 bits per heavy atom. The Balaban J connectivity index is 1.80. The van der Waals surface area contributed by atoms with Crippen molar-refractivity contribution in [3.63, 3.8) is 0 Å². The molecule has 0 aliphatic heterocycles. The zero-order valence-electron chi connectivity index (χ0n) is 11.0. The summed E-state index contributed by atoms with van der Waals surface area (Å²) < 4.78 is 23.4. The van der Waals surface area contributed by atoms with Gasteiger partial charge in [-0.25, -0.2) is 4.39 Å². The van der Waals surface area contributed by atoms with Gasteiger partial charge in [-0.15, -0.1) is 0 Å². The number of anilines is 1. The minimum atomic E-state index is -0.497. The molecule has 0 saturated heterocycles. The Hall–Kier alpha value is -2.96. The van der Waals surface area contributed by atoms with Crippen molar-refractivity contribution in [2.75, 3.05) is 5.32 Å². The molecule has 1 amide bonds. The highest BCUT2D eigenvalue weighted by atomic mass is 19.1. The SMILES string of the molecule is Cc1cc(C(=O)Nc2cc(-c3ccccc3F)no2)no1. The number of carbonyl (C=O) groups is 1. The molecular weight excluding hydrogens is 277 g/mol. The zero-order chi connectivity index (χ0) is 14.8. The van der Waals surface area contributed by atoms with Crippen LogP contribution in [0.1, 0.15) is 16.2 Å². The molecule has 106 valence electrons. The van der Waals surface area contributed by atoms with E-state index in [0.717, 1.165) is 0 Å². The van der Waals surface area contributed by atoms with E-state index in [1.165, 1.54) is 18.2 Å². The molecule has 0 unspecified atom stereocenters. The van der Waals surface area contributed by atoms with Crippen LogP contribution in [0.2, 0.25) is 0 Å². The topological polar surface area (TPSA) is 81.2 Å². The second kappa shape index (κ2) is 5.20. The highest BCUT2D eigenvalue weighted by molar-refractivity contribution is 6.02. The van der Waals surface area contributed by atoms with Gasteiger partial charge in [0.2, 0.25) is 5.88 Å². The van der Waals surface area contributed by atoms with Crippen molar-refractivity contribution in [2.24, 2.45) is 0 Å². The number of amides is 1. The summed E-state index contributed by atoms with van der Waals surface area (Å²) in [4.78, 5) is 11.8. The third-order valence-corrected chi connectivity index (χ3v) is 2.76. The quantitative estimate of drug-likeness (QED) is 0.800. The molecule has 0 fully saturated rings. The van der Waals surface area contributed by atoms with E-state index >= 15 is 0 Å². The molecule has 0 aliphatic carbocycles. The van der Waals surface area contributed by atoms with Gasteiger partial charge in [0, 0.05) is 17.7 Å². The van der Waals surface area contributed by atoms with Crippen LogP contribution < -0.4 is 5.32 Å². The van der Waals surface area contributed by atoms with Crippen molar-refractivity contribution in [1.29, 1.82) is 0 Å². The number of aromatic nitrogens is 2. The van der Waals surface area contributed by atoms with E-state index in [9.17, 15) is 9.18 Å². The van der Waals surface area contributed by atoms with Crippen LogP contribution in [-0.2, 0) is 0 Å². The number of rotatable bonds is 3. The lowest BCUT2D eigenvalue weighted by atomic mass is 10.1. The maximum atomic E-state index is 13.6. The third kappa shape index (κ3) is 2.66. The van der Waals surface area contributed by atoms with Crippen molar-refractivity contribution in [1.82, 2.24) is 10.3 Å². The summed E-state index contributed by atoms with van der Waals surface area (Å²) in [5.74, 6) is -0.303. The lowest BCUT2D eigenvalue weighted by molar-refractivity contribution is 0.101. The first-order chi connectivity index (χ1) is 10.1. The largest absolute Gasteiger partial charge is 0.361 e. The molecule has 2 heterocycles. The summed E-state index contributed by atoms with van der Waals surface area (Å²) in [6.45, 7) is 1.68. The molecule has 1 aromatic carbocycles. The number of aryl methyl sites for hydroxylation is 1. The normalized spacial score (nSPS) is 10.6. The van der Waals surface area contributed by atoms with E-state index in [1.807, 2.05) is 0 Å². The molecular formula is C14H10FN3O3. The molecule has 0 bridgehead atoms. The first kappa shape index (κ1) is 13.0. The Kier molecular flexibility index (Phi) is 3.23. The van der Waals surface area contributed by atoms with E-state index in [1.54, 1.807) is 25.1 Å². The Labute approximate surface area is 118 Å². The molecule has 7 heteroatoms. The maximum Gasteiger partial charge on any atom is 0.280 e. The van der Waals surface area contributed by atoms with Gasteiger partial charge < -0.3 is 9.05 Å². The van der Waals surface area contributed by atoms with Gasteiger partial charge in [-0.3, -0.25) is 10.1 Å². The van der Waals surface area contributed by atoms with Crippen molar-refractivity contribution in [2.45, 2.75) is 6.92 Å². The fourth-order valence-electron chi connectivity index (χ4n) is 1.78. The summed E-state index contributed by atoms with van der Waals surface area (Å²) in [6, 6.07) is 9.07. The Bertz CT molecular complexity index is 794. The van der Waals surface area contributed by atoms with Crippen LogP contribution in [0.25, 0.3) is 11.3 Å². The van der Waals surface area contributed by atoms with Gasteiger partial charge in [0.05, 0.1) is 0 Å².